The Kier molecular flexibility index (Phi) is 7.50. The van der Waals surface area contributed by atoms with Crippen molar-refractivity contribution in [3.8, 4) is 0 Å². The molecule has 1 fully saturated rings. The van der Waals surface area contributed by atoms with Crippen molar-refractivity contribution in [1.29, 1.82) is 0 Å². The number of rotatable bonds is 9. The maximum absolute atomic E-state index is 12.2. The fraction of sp³-hybridized carbons (Fsp3) is 0.478. The summed E-state index contributed by atoms with van der Waals surface area (Å²) in [7, 11) is -2.38. The lowest BCUT2D eigenvalue weighted by Gasteiger charge is -2.29. The molecule has 0 spiro atoms. The molecular weight excluding hydrogens is 401 g/mol. The molecule has 1 heterocycles. The summed E-state index contributed by atoms with van der Waals surface area (Å²) < 4.78 is 35.2. The van der Waals surface area contributed by atoms with Gasteiger partial charge in [-0.05, 0) is 44.5 Å². The van der Waals surface area contributed by atoms with E-state index in [0.717, 1.165) is 43.1 Å². The van der Waals surface area contributed by atoms with Crippen molar-refractivity contribution >= 4 is 28.6 Å². The molecule has 1 aliphatic rings. The largest absolute Gasteiger partial charge is 0.326 e. The molecular formula is C23H33NO3PS+. The Labute approximate surface area is 177 Å². The van der Waals surface area contributed by atoms with E-state index >= 15 is 0 Å². The highest BCUT2D eigenvalue weighted by atomic mass is 32.2. The quantitative estimate of drug-likeness (QED) is 0.372. The van der Waals surface area contributed by atoms with Gasteiger partial charge in [-0.3, -0.25) is 4.55 Å². The molecule has 0 saturated carbocycles. The lowest BCUT2D eigenvalue weighted by Crippen LogP contribution is -2.43. The van der Waals surface area contributed by atoms with E-state index in [-0.39, 0.29) is 5.92 Å². The minimum absolute atomic E-state index is 0.0506. The van der Waals surface area contributed by atoms with E-state index in [1.165, 1.54) is 10.6 Å². The minimum Gasteiger partial charge on any atom is -0.326 e. The molecule has 0 amide bonds. The molecule has 0 aromatic heterocycles. The van der Waals surface area contributed by atoms with Gasteiger partial charge in [0.2, 0.25) is 0 Å². The average Bonchev–Trinajstić information content (AvgIpc) is 3.10. The molecule has 158 valence electrons. The third-order valence-corrected chi connectivity index (χ3v) is 10.4. The van der Waals surface area contributed by atoms with Gasteiger partial charge in [-0.15, -0.1) is 0 Å². The van der Waals surface area contributed by atoms with Crippen molar-refractivity contribution in [1.82, 2.24) is 0 Å². The van der Waals surface area contributed by atoms with Crippen molar-refractivity contribution in [2.45, 2.75) is 31.4 Å². The van der Waals surface area contributed by atoms with Crippen LogP contribution in [0.1, 0.15) is 26.2 Å². The summed E-state index contributed by atoms with van der Waals surface area (Å²) in [6, 6.07) is 21.0. The minimum atomic E-state index is -4.04. The number of nitrogens with zero attached hydrogens (tertiary/aromatic N) is 1. The van der Waals surface area contributed by atoms with Crippen molar-refractivity contribution in [2.75, 3.05) is 32.8 Å². The molecule has 2 aromatic carbocycles. The first-order chi connectivity index (χ1) is 13.8. The molecule has 6 heteroatoms. The molecule has 0 radical (unpaired) electrons. The maximum atomic E-state index is 12.2. The van der Waals surface area contributed by atoms with Crippen molar-refractivity contribution < 1.29 is 17.5 Å². The molecule has 1 saturated heterocycles. The standard InChI is InChI=1S/C23H32NO3PS/c1-3-24(2)17-16-20(19-24)23(29(25,26)27)15-10-18-28(21-11-6-4-7-12-21)22-13-8-5-9-14-22/h4-9,11-14,20,23H,3,10,15-19H2,1-2H3/p+1. The molecule has 4 nitrogen and oxygen atoms in total. The normalized spacial score (nSPS) is 23.4. The molecule has 29 heavy (non-hydrogen) atoms. The van der Waals surface area contributed by atoms with Gasteiger partial charge in [0, 0.05) is 12.3 Å². The first kappa shape index (κ1) is 22.4. The van der Waals surface area contributed by atoms with Gasteiger partial charge in [0.1, 0.15) is 0 Å². The van der Waals surface area contributed by atoms with Crippen LogP contribution in [0.3, 0.4) is 0 Å². The second kappa shape index (κ2) is 9.70. The van der Waals surface area contributed by atoms with Gasteiger partial charge in [-0.25, -0.2) is 0 Å². The third-order valence-electron chi connectivity index (χ3n) is 6.39. The molecule has 1 aliphatic heterocycles. The second-order valence-corrected chi connectivity index (χ2v) is 12.4. The number of benzene rings is 2. The molecule has 3 unspecified atom stereocenters. The summed E-state index contributed by atoms with van der Waals surface area (Å²) in [6.07, 6.45) is 3.14. The fourth-order valence-corrected chi connectivity index (χ4v) is 8.07. The molecule has 1 N–H and O–H groups in total. The Morgan fingerprint density at radius 1 is 1.07 bits per heavy atom. The van der Waals surface area contributed by atoms with Crippen molar-refractivity contribution in [2.24, 2.45) is 5.92 Å². The smallest absolute Gasteiger partial charge is 0.268 e. The number of hydrogen-bond donors (Lipinski definition) is 1. The summed E-state index contributed by atoms with van der Waals surface area (Å²) in [4.78, 5) is 0. The Balaban J connectivity index is 1.71. The van der Waals surface area contributed by atoms with E-state index in [2.05, 4.69) is 62.5 Å². The number of hydrogen-bond acceptors (Lipinski definition) is 2. The number of quaternary nitrogens is 1. The third kappa shape index (κ3) is 5.88. The van der Waals surface area contributed by atoms with Crippen LogP contribution in [0.5, 0.6) is 0 Å². The predicted molar refractivity (Wildman–Crippen MR) is 123 cm³/mol. The molecule has 0 bridgehead atoms. The summed E-state index contributed by atoms with van der Waals surface area (Å²) in [5.74, 6) is 0.0506. The maximum Gasteiger partial charge on any atom is 0.268 e. The van der Waals surface area contributed by atoms with E-state index < -0.39 is 23.3 Å². The average molecular weight is 435 g/mol. The summed E-state index contributed by atoms with van der Waals surface area (Å²) >= 11 is 0. The van der Waals surface area contributed by atoms with E-state index in [1.54, 1.807) is 0 Å². The summed E-state index contributed by atoms with van der Waals surface area (Å²) in [6.45, 7) is 4.99. The number of likely N-dealkylation sites (tertiary alicyclic amines) is 1. The van der Waals surface area contributed by atoms with Crippen molar-refractivity contribution in [3.05, 3.63) is 60.7 Å². The predicted octanol–water partition coefficient (Wildman–Crippen LogP) is 3.64. The second-order valence-electron chi connectivity index (χ2n) is 8.41. The monoisotopic (exact) mass is 434 g/mol. The van der Waals surface area contributed by atoms with E-state index in [0.29, 0.717) is 6.42 Å². The van der Waals surface area contributed by atoms with Gasteiger partial charge >= 0.3 is 0 Å². The summed E-state index contributed by atoms with van der Waals surface area (Å²) in [5, 5.41) is 1.98. The van der Waals surface area contributed by atoms with Crippen LogP contribution in [0.2, 0.25) is 0 Å². The van der Waals surface area contributed by atoms with Crippen LogP contribution in [-0.2, 0) is 10.1 Å². The lowest BCUT2D eigenvalue weighted by molar-refractivity contribution is -0.897. The highest BCUT2D eigenvalue weighted by Gasteiger charge is 2.42. The Hall–Kier alpha value is -1.26. The van der Waals surface area contributed by atoms with E-state index in [1.807, 2.05) is 12.1 Å². The topological polar surface area (TPSA) is 54.4 Å². The summed E-state index contributed by atoms with van der Waals surface area (Å²) in [5.41, 5.74) is 0. The van der Waals surface area contributed by atoms with Gasteiger partial charge in [-0.2, -0.15) is 8.42 Å². The highest BCUT2D eigenvalue weighted by Crippen LogP contribution is 2.36. The molecule has 3 rings (SSSR count). The first-order valence-electron chi connectivity index (χ1n) is 10.5. The molecule has 0 aliphatic carbocycles. The van der Waals surface area contributed by atoms with Crippen LogP contribution in [0.25, 0.3) is 0 Å². The van der Waals surface area contributed by atoms with Gasteiger partial charge in [0.15, 0.2) is 0 Å². The molecule has 3 atom stereocenters. The zero-order valence-electron chi connectivity index (χ0n) is 17.4. The Morgan fingerprint density at radius 3 is 2.07 bits per heavy atom. The van der Waals surface area contributed by atoms with Crippen LogP contribution in [-0.4, -0.2) is 55.5 Å². The van der Waals surface area contributed by atoms with Gasteiger partial charge < -0.3 is 4.48 Å². The van der Waals surface area contributed by atoms with Crippen LogP contribution in [0.4, 0.5) is 0 Å². The SMILES string of the molecule is CC[N+]1(C)CCC(C(CCCP(c2ccccc2)c2ccccc2)S(=O)(=O)O)C1. The molecule has 2 aromatic rings. The van der Waals surface area contributed by atoms with Gasteiger partial charge in [-0.1, -0.05) is 60.7 Å². The highest BCUT2D eigenvalue weighted by molar-refractivity contribution is 7.86. The Bertz CT molecular complexity index is 836. The zero-order chi connectivity index (χ0) is 20.9. The van der Waals surface area contributed by atoms with Crippen LogP contribution in [0, 0.1) is 5.92 Å². The van der Waals surface area contributed by atoms with Crippen LogP contribution in [0.15, 0.2) is 60.7 Å². The fourth-order valence-electron chi connectivity index (χ4n) is 4.52. The van der Waals surface area contributed by atoms with E-state index in [9.17, 15) is 13.0 Å². The first-order valence-corrected chi connectivity index (χ1v) is 13.5. The van der Waals surface area contributed by atoms with Gasteiger partial charge in [0.05, 0.1) is 31.9 Å². The lowest BCUT2D eigenvalue weighted by atomic mass is 10.0. The van der Waals surface area contributed by atoms with Crippen molar-refractivity contribution in [3.63, 3.8) is 0 Å². The zero-order valence-corrected chi connectivity index (χ0v) is 19.2. The Morgan fingerprint density at radius 2 is 1.62 bits per heavy atom. The van der Waals surface area contributed by atoms with Crippen LogP contribution < -0.4 is 10.6 Å². The van der Waals surface area contributed by atoms with Gasteiger partial charge in [0.25, 0.3) is 10.1 Å². The van der Waals surface area contributed by atoms with Crippen LogP contribution >= 0.6 is 7.92 Å². The van der Waals surface area contributed by atoms with E-state index in [4.69, 9.17) is 0 Å².